The third kappa shape index (κ3) is 2.60. The summed E-state index contributed by atoms with van der Waals surface area (Å²) in [5, 5.41) is 10.9. The van der Waals surface area contributed by atoms with Gasteiger partial charge in [-0.2, -0.15) is 0 Å². The predicted octanol–water partition coefficient (Wildman–Crippen LogP) is 5.61. The lowest BCUT2D eigenvalue weighted by atomic mass is 10.1. The van der Waals surface area contributed by atoms with Crippen molar-refractivity contribution in [3.05, 3.63) is 63.8 Å². The van der Waals surface area contributed by atoms with Crippen LogP contribution in [0, 0.1) is 0 Å². The zero-order valence-corrected chi connectivity index (χ0v) is 13.7. The standard InChI is InChI=1S/C18H10Cl2N2O2/c19-13-7-12-11(9-21-15(12)8-14(13)20)6-16-18(23)24-17(22-16)10-4-2-1-3-5-10/h1-9,23H. The number of hydrogen-bond acceptors (Lipinski definition) is 4. The molecule has 0 amide bonds. The highest BCUT2D eigenvalue weighted by Gasteiger charge is 2.18. The van der Waals surface area contributed by atoms with Crippen molar-refractivity contribution in [1.82, 2.24) is 4.98 Å². The smallest absolute Gasteiger partial charge is 0.310 e. The van der Waals surface area contributed by atoms with Crippen LogP contribution in [-0.2, 0) is 0 Å². The fourth-order valence-electron chi connectivity index (χ4n) is 2.47. The van der Waals surface area contributed by atoms with E-state index in [0.717, 1.165) is 22.4 Å². The van der Waals surface area contributed by atoms with Gasteiger partial charge in [-0.1, -0.05) is 41.4 Å². The molecule has 0 atom stereocenters. The highest BCUT2D eigenvalue weighted by molar-refractivity contribution is 6.42. The predicted molar refractivity (Wildman–Crippen MR) is 96.1 cm³/mol. The van der Waals surface area contributed by atoms with E-state index in [1.54, 1.807) is 24.4 Å². The van der Waals surface area contributed by atoms with Crippen molar-refractivity contribution in [2.75, 3.05) is 0 Å². The van der Waals surface area contributed by atoms with Crippen molar-refractivity contribution < 1.29 is 9.52 Å². The van der Waals surface area contributed by atoms with E-state index in [2.05, 4.69) is 9.98 Å². The van der Waals surface area contributed by atoms with Gasteiger partial charge in [0.1, 0.15) is 5.69 Å². The maximum Gasteiger partial charge on any atom is 0.310 e. The van der Waals surface area contributed by atoms with Crippen molar-refractivity contribution in [3.8, 4) is 17.4 Å². The molecule has 1 aliphatic heterocycles. The Bertz CT molecular complexity index is 992. The molecule has 1 aromatic heterocycles. The summed E-state index contributed by atoms with van der Waals surface area (Å²) in [5.41, 5.74) is 3.43. The second-order valence-electron chi connectivity index (χ2n) is 5.22. The number of halogens is 2. The Morgan fingerprint density at radius 1 is 1.04 bits per heavy atom. The molecule has 2 aromatic carbocycles. The second kappa shape index (κ2) is 5.82. The largest absolute Gasteiger partial charge is 0.479 e. The van der Waals surface area contributed by atoms with Crippen LogP contribution in [0.25, 0.3) is 23.1 Å². The molecule has 0 saturated carbocycles. The molecule has 0 fully saturated rings. The summed E-state index contributed by atoms with van der Waals surface area (Å²) < 4.78 is 5.35. The van der Waals surface area contributed by atoms with E-state index in [4.69, 9.17) is 27.6 Å². The summed E-state index contributed by atoms with van der Waals surface area (Å²) in [5.74, 6) is 0.104. The lowest BCUT2D eigenvalue weighted by molar-refractivity contribution is 0.336. The van der Waals surface area contributed by atoms with Gasteiger partial charge in [0.05, 0.1) is 15.7 Å². The fourth-order valence-corrected chi connectivity index (χ4v) is 2.79. The molecule has 4 nitrogen and oxygen atoms in total. The Kier molecular flexibility index (Phi) is 3.63. The number of aliphatic imine (C=N–C) groups is 1. The van der Waals surface area contributed by atoms with Gasteiger partial charge in [0.25, 0.3) is 0 Å². The Morgan fingerprint density at radius 3 is 2.58 bits per heavy atom. The summed E-state index contributed by atoms with van der Waals surface area (Å²) in [7, 11) is 0. The molecular formula is C18H10Cl2N2O2. The molecule has 1 aliphatic rings. The Hall–Kier alpha value is -2.56. The molecule has 6 heteroatoms. The van der Waals surface area contributed by atoms with Crippen LogP contribution in [0.5, 0.6) is 5.95 Å². The molecule has 0 saturated heterocycles. The number of nitrogens with zero attached hydrogens (tertiary/aromatic N) is 2. The summed E-state index contributed by atoms with van der Waals surface area (Å²) in [6.07, 6.45) is 3.37. The second-order valence-corrected chi connectivity index (χ2v) is 6.03. The van der Waals surface area contributed by atoms with Crippen LogP contribution in [0.1, 0.15) is 11.3 Å². The highest BCUT2D eigenvalue weighted by Crippen LogP contribution is 2.39. The minimum absolute atomic E-state index is 0.247. The fraction of sp³-hybridized carbons (Fsp3) is 0. The summed E-state index contributed by atoms with van der Waals surface area (Å²) in [6.45, 7) is 0. The van der Waals surface area contributed by atoms with Crippen molar-refractivity contribution >= 4 is 46.8 Å². The van der Waals surface area contributed by atoms with E-state index < -0.39 is 0 Å². The van der Waals surface area contributed by atoms with Gasteiger partial charge in [-0.25, -0.2) is 4.98 Å². The topological polar surface area (TPSA) is 58.6 Å². The Morgan fingerprint density at radius 2 is 1.79 bits per heavy atom. The number of oxazole rings is 1. The first-order chi connectivity index (χ1) is 11.6. The van der Waals surface area contributed by atoms with Crippen LogP contribution in [0.15, 0.2) is 51.9 Å². The molecule has 1 N–H and O–H groups in total. The summed E-state index contributed by atoms with van der Waals surface area (Å²) in [4.78, 5) is 8.64. The zero-order chi connectivity index (χ0) is 16.7. The Balaban J connectivity index is 1.75. The van der Waals surface area contributed by atoms with Crippen LogP contribution in [0.4, 0.5) is 5.69 Å². The van der Waals surface area contributed by atoms with E-state index in [0.29, 0.717) is 21.6 Å². The first-order valence-electron chi connectivity index (χ1n) is 7.12. The number of fused-ring (bicyclic) bond motifs is 1. The van der Waals surface area contributed by atoms with E-state index in [-0.39, 0.29) is 5.95 Å². The molecule has 24 heavy (non-hydrogen) atoms. The average Bonchev–Trinajstić information content (AvgIpc) is 3.14. The minimum Gasteiger partial charge on any atom is -0.479 e. The van der Waals surface area contributed by atoms with Crippen LogP contribution >= 0.6 is 23.2 Å². The number of aromatic hydroxyl groups is 1. The van der Waals surface area contributed by atoms with E-state index >= 15 is 0 Å². The molecule has 2 heterocycles. The number of allylic oxidation sites excluding steroid dienone is 1. The van der Waals surface area contributed by atoms with E-state index in [1.807, 2.05) is 30.3 Å². The third-order valence-corrected chi connectivity index (χ3v) is 4.36. The Labute approximate surface area is 147 Å². The van der Waals surface area contributed by atoms with Crippen LogP contribution in [0.2, 0.25) is 10.0 Å². The third-order valence-electron chi connectivity index (χ3n) is 3.64. The first-order valence-corrected chi connectivity index (χ1v) is 7.88. The highest BCUT2D eigenvalue weighted by atomic mass is 35.5. The van der Waals surface area contributed by atoms with Gasteiger partial charge in [0, 0.05) is 22.9 Å². The van der Waals surface area contributed by atoms with Gasteiger partial charge in [-0.3, -0.25) is 4.99 Å². The van der Waals surface area contributed by atoms with Crippen molar-refractivity contribution in [2.24, 2.45) is 4.99 Å². The van der Waals surface area contributed by atoms with Gasteiger partial charge in [-0.05, 0) is 30.3 Å². The zero-order valence-electron chi connectivity index (χ0n) is 12.2. The first kappa shape index (κ1) is 15.0. The van der Waals surface area contributed by atoms with Crippen LogP contribution in [0.3, 0.4) is 0 Å². The van der Waals surface area contributed by atoms with Gasteiger partial charge >= 0.3 is 5.95 Å². The molecule has 0 unspecified atom stereocenters. The molecule has 118 valence electrons. The molecule has 0 spiro atoms. The average molecular weight is 357 g/mol. The summed E-state index contributed by atoms with van der Waals surface area (Å²) >= 11 is 12.1. The van der Waals surface area contributed by atoms with Gasteiger partial charge in [0.2, 0.25) is 5.89 Å². The normalized spacial score (nSPS) is 14.3. The lowest BCUT2D eigenvalue weighted by Gasteiger charge is -2.02. The van der Waals surface area contributed by atoms with Crippen molar-refractivity contribution in [1.29, 1.82) is 0 Å². The van der Waals surface area contributed by atoms with E-state index in [1.165, 1.54) is 0 Å². The van der Waals surface area contributed by atoms with E-state index in [9.17, 15) is 5.11 Å². The monoisotopic (exact) mass is 356 g/mol. The summed E-state index contributed by atoms with van der Waals surface area (Å²) in [6, 6.07) is 12.8. The lowest BCUT2D eigenvalue weighted by Crippen LogP contribution is -1.83. The molecular weight excluding hydrogens is 347 g/mol. The number of benzene rings is 2. The molecule has 0 aliphatic carbocycles. The maximum atomic E-state index is 10.0. The van der Waals surface area contributed by atoms with Crippen molar-refractivity contribution in [2.45, 2.75) is 0 Å². The van der Waals surface area contributed by atoms with Crippen LogP contribution in [-0.4, -0.2) is 16.3 Å². The molecule has 0 bridgehead atoms. The maximum absolute atomic E-state index is 10.0. The molecule has 3 aromatic rings. The number of hydrogen-bond donors (Lipinski definition) is 1. The molecule has 0 radical (unpaired) electrons. The quantitative estimate of drug-likeness (QED) is 0.648. The van der Waals surface area contributed by atoms with Gasteiger partial charge < -0.3 is 9.52 Å². The van der Waals surface area contributed by atoms with Crippen LogP contribution < -0.4 is 0 Å². The SMILES string of the molecule is Oc1oc(-c2ccccc2)nc1C=C1C=Nc2cc(Cl)c(Cl)cc21. The number of rotatable bonds is 2. The molecule has 4 rings (SSSR count). The van der Waals surface area contributed by atoms with Crippen molar-refractivity contribution in [3.63, 3.8) is 0 Å². The minimum atomic E-state index is -0.247. The van der Waals surface area contributed by atoms with Gasteiger partial charge in [0.15, 0.2) is 0 Å². The number of aromatic nitrogens is 1. The van der Waals surface area contributed by atoms with Gasteiger partial charge in [-0.15, -0.1) is 0 Å².